The number of nitro benzene ring substituents is 1. The molecule has 3 aromatic rings. The quantitative estimate of drug-likeness (QED) is 0.166. The van der Waals surface area contributed by atoms with Gasteiger partial charge in [0.15, 0.2) is 0 Å². The number of carboxylic acids is 1. The highest BCUT2D eigenvalue weighted by atomic mass is 32.2. The summed E-state index contributed by atoms with van der Waals surface area (Å²) in [6.45, 7) is 4.52. The Labute approximate surface area is 254 Å². The minimum Gasteiger partial charge on any atom is -0.477 e. The first-order valence-corrected chi connectivity index (χ1v) is 15.5. The molecule has 3 aliphatic rings. The maximum atomic E-state index is 12.8. The monoisotopic (exact) mass is 628 g/mol. The highest BCUT2D eigenvalue weighted by Crippen LogP contribution is 2.51. The number of thioether (sulfide) groups is 1. The fourth-order valence-electron chi connectivity index (χ4n) is 6.25. The van der Waals surface area contributed by atoms with Crippen LogP contribution in [0.2, 0.25) is 0 Å². The van der Waals surface area contributed by atoms with E-state index in [0.717, 1.165) is 21.2 Å². The molecule has 2 fully saturated rings. The third-order valence-electron chi connectivity index (χ3n) is 8.33. The number of aryl methyl sites for hydroxylation is 1. The Bertz CT molecular complexity index is 1680. The number of ether oxygens (including phenoxy) is 1. The van der Waals surface area contributed by atoms with E-state index in [4.69, 9.17) is 4.74 Å². The van der Waals surface area contributed by atoms with Crippen molar-refractivity contribution in [3.05, 3.63) is 63.0 Å². The second kappa shape index (κ2) is 11.0. The number of non-ortho nitro benzene ring substituents is 1. The molecule has 5 atom stereocenters. The van der Waals surface area contributed by atoms with Gasteiger partial charge in [0, 0.05) is 42.0 Å². The summed E-state index contributed by atoms with van der Waals surface area (Å²) >= 11 is 3.11. The Kier molecular flexibility index (Phi) is 7.42. The number of carbonyl (C=O) groups is 3. The minimum absolute atomic E-state index is 0.0128. The number of aliphatic hydroxyl groups excluding tert-OH is 1. The molecule has 43 heavy (non-hydrogen) atoms. The Morgan fingerprint density at radius 1 is 1.30 bits per heavy atom. The molecule has 0 aliphatic carbocycles. The van der Waals surface area contributed by atoms with Gasteiger partial charge in [-0.3, -0.25) is 14.9 Å². The second-order valence-electron chi connectivity index (χ2n) is 11.1. The number of aliphatic carboxylic acids is 1. The van der Waals surface area contributed by atoms with Crippen molar-refractivity contribution in [2.24, 2.45) is 18.9 Å². The fraction of sp³-hybridized carbons (Fsp3) is 0.429. The number of carboxylic acid groups (broad SMARTS) is 1. The number of rotatable bonds is 8. The lowest BCUT2D eigenvalue weighted by molar-refractivity contribution is -0.705. The van der Waals surface area contributed by atoms with Crippen molar-refractivity contribution < 1.29 is 38.8 Å². The van der Waals surface area contributed by atoms with Gasteiger partial charge in [-0.15, -0.1) is 0 Å². The molecule has 2 amide bonds. The SMILES string of the molecule is C[C@@H](O)[C@H]1C(=O)N2C(C(=O)O)=C(c3cn4c[n+](C)c(S[C@H]5CCN(C(=O)OCc6ccc([N+](=O)[O-])cc6)C5)c4s3)[C@H](C)[C@H]12. The molecule has 15 heteroatoms. The van der Waals surface area contributed by atoms with E-state index >= 15 is 0 Å². The summed E-state index contributed by atoms with van der Waals surface area (Å²) in [5, 5.41) is 32.1. The van der Waals surface area contributed by atoms with Crippen LogP contribution in [0.5, 0.6) is 0 Å². The van der Waals surface area contributed by atoms with Crippen LogP contribution in [0, 0.1) is 22.0 Å². The number of hydrogen-bond donors (Lipinski definition) is 2. The maximum absolute atomic E-state index is 12.8. The van der Waals surface area contributed by atoms with Crippen LogP contribution in [-0.4, -0.2) is 77.8 Å². The van der Waals surface area contributed by atoms with Crippen molar-refractivity contribution in [3.8, 4) is 0 Å². The van der Waals surface area contributed by atoms with Gasteiger partial charge in [0.1, 0.15) is 18.5 Å². The third kappa shape index (κ3) is 4.94. The van der Waals surface area contributed by atoms with Crippen LogP contribution >= 0.6 is 23.1 Å². The molecule has 0 saturated carbocycles. The molecule has 5 heterocycles. The Balaban J connectivity index is 1.15. The van der Waals surface area contributed by atoms with Crippen LogP contribution in [0.15, 0.2) is 47.5 Å². The van der Waals surface area contributed by atoms with E-state index in [1.54, 1.807) is 35.7 Å². The van der Waals surface area contributed by atoms with Gasteiger partial charge in [-0.05, 0) is 31.0 Å². The second-order valence-corrected chi connectivity index (χ2v) is 13.4. The molecule has 6 rings (SSSR count). The fourth-order valence-corrected chi connectivity index (χ4v) is 8.93. The van der Waals surface area contributed by atoms with E-state index in [9.17, 15) is 34.7 Å². The standard InChI is InChI=1S/C28H29N5O8S2/c1-14-20(23(27(36)37)32-22(14)21(15(2)34)24(32)35)19-11-31-13-29(3)25(26(31)43-19)42-18-8-9-30(10-18)28(38)41-12-16-4-6-17(7-5-16)33(39)40/h4-7,11,13-15,18,21-22,34H,8-10,12H2,1-3H3/p+1/t14-,15+,18-,21+,22+/m0/s1. The predicted octanol–water partition coefficient (Wildman–Crippen LogP) is 2.89. The first kappa shape index (κ1) is 29.1. The van der Waals surface area contributed by atoms with Crippen LogP contribution in [0.4, 0.5) is 10.5 Å². The lowest BCUT2D eigenvalue weighted by Crippen LogP contribution is -2.63. The molecule has 226 valence electrons. The molecule has 1 aromatic carbocycles. The van der Waals surface area contributed by atoms with Gasteiger partial charge >= 0.3 is 12.1 Å². The number of nitro groups is 1. The highest BCUT2D eigenvalue weighted by Gasteiger charge is 2.60. The van der Waals surface area contributed by atoms with Gasteiger partial charge in [0.2, 0.25) is 22.1 Å². The largest absolute Gasteiger partial charge is 0.477 e. The van der Waals surface area contributed by atoms with Crippen LogP contribution in [0.1, 0.15) is 30.7 Å². The highest BCUT2D eigenvalue weighted by molar-refractivity contribution is 8.00. The van der Waals surface area contributed by atoms with Crippen molar-refractivity contribution in [3.63, 3.8) is 0 Å². The van der Waals surface area contributed by atoms with Crippen LogP contribution in [0.25, 0.3) is 10.4 Å². The summed E-state index contributed by atoms with van der Waals surface area (Å²) < 4.78 is 9.40. The average Bonchev–Trinajstić information content (AvgIpc) is 3.70. The van der Waals surface area contributed by atoms with Gasteiger partial charge in [0.05, 0.1) is 34.9 Å². The van der Waals surface area contributed by atoms with Gasteiger partial charge in [-0.1, -0.05) is 30.0 Å². The number of carbonyl (C=O) groups excluding carboxylic acids is 2. The molecule has 0 unspecified atom stereocenters. The molecule has 0 bridgehead atoms. The number of aliphatic hydroxyl groups is 1. The molecule has 2 aromatic heterocycles. The zero-order valence-corrected chi connectivity index (χ0v) is 25.2. The number of nitrogens with zero attached hydrogens (tertiary/aromatic N) is 5. The lowest BCUT2D eigenvalue weighted by atomic mass is 9.77. The number of amides is 2. The van der Waals surface area contributed by atoms with E-state index in [2.05, 4.69) is 0 Å². The van der Waals surface area contributed by atoms with Crippen molar-refractivity contribution in [2.75, 3.05) is 13.1 Å². The summed E-state index contributed by atoms with van der Waals surface area (Å²) in [7, 11) is 1.94. The number of fused-ring (bicyclic) bond motifs is 2. The summed E-state index contributed by atoms with van der Waals surface area (Å²) in [5.41, 5.74) is 1.22. The number of aromatic nitrogens is 2. The number of benzene rings is 1. The van der Waals surface area contributed by atoms with Gasteiger partial charge in [0.25, 0.3) is 5.69 Å². The third-order valence-corrected chi connectivity index (χ3v) is 11.0. The number of imidazole rings is 1. The predicted molar refractivity (Wildman–Crippen MR) is 155 cm³/mol. The van der Waals surface area contributed by atoms with Crippen LogP contribution < -0.4 is 4.57 Å². The van der Waals surface area contributed by atoms with Gasteiger partial charge in [-0.25, -0.2) is 14.2 Å². The van der Waals surface area contributed by atoms with Gasteiger partial charge < -0.3 is 24.7 Å². The smallest absolute Gasteiger partial charge is 0.410 e. The van der Waals surface area contributed by atoms with E-state index in [-0.39, 0.29) is 41.1 Å². The van der Waals surface area contributed by atoms with E-state index in [0.29, 0.717) is 24.2 Å². The number of β-lactam (4-membered cyclic amide) rings is 1. The lowest BCUT2D eigenvalue weighted by Gasteiger charge is -2.46. The molecule has 0 spiro atoms. The number of hydrogen-bond acceptors (Lipinski definition) is 9. The molecular formula is C28H30N5O8S2+. The summed E-state index contributed by atoms with van der Waals surface area (Å²) in [5.74, 6) is -2.39. The maximum Gasteiger partial charge on any atom is 0.410 e. The zero-order chi connectivity index (χ0) is 30.7. The zero-order valence-electron chi connectivity index (χ0n) is 23.6. The van der Waals surface area contributed by atoms with E-state index < -0.39 is 29.0 Å². The van der Waals surface area contributed by atoms with Crippen LogP contribution in [-0.2, 0) is 28.0 Å². The van der Waals surface area contributed by atoms with Crippen molar-refractivity contribution in [1.82, 2.24) is 14.2 Å². The first-order valence-electron chi connectivity index (χ1n) is 13.8. The Hall–Kier alpha value is -3.95. The number of likely N-dealkylation sites (tertiary alicyclic amines) is 1. The molecular weight excluding hydrogens is 598 g/mol. The molecule has 3 aliphatic heterocycles. The topological polar surface area (TPSA) is 159 Å². The van der Waals surface area contributed by atoms with Crippen molar-refractivity contribution in [2.45, 2.75) is 49.3 Å². The van der Waals surface area contributed by atoms with E-state index in [1.807, 2.05) is 35.5 Å². The normalized spacial score (nSPS) is 24.0. The molecule has 13 nitrogen and oxygen atoms in total. The minimum atomic E-state index is -1.16. The van der Waals surface area contributed by atoms with Crippen molar-refractivity contribution in [1.29, 1.82) is 0 Å². The average molecular weight is 629 g/mol. The summed E-state index contributed by atoms with van der Waals surface area (Å²) in [6, 6.07) is 5.50. The van der Waals surface area contributed by atoms with Gasteiger partial charge in [-0.2, -0.15) is 4.40 Å². The van der Waals surface area contributed by atoms with Crippen LogP contribution in [0.3, 0.4) is 0 Å². The van der Waals surface area contributed by atoms with Crippen molar-refractivity contribution >= 4 is 57.2 Å². The molecule has 2 saturated heterocycles. The Morgan fingerprint density at radius 3 is 2.67 bits per heavy atom. The van der Waals surface area contributed by atoms with E-state index in [1.165, 1.54) is 28.4 Å². The molecule has 0 radical (unpaired) electrons. The first-order chi connectivity index (χ1) is 20.5. The Morgan fingerprint density at radius 2 is 2.02 bits per heavy atom. The number of thiazole rings is 1. The molecule has 2 N–H and O–H groups in total. The summed E-state index contributed by atoms with van der Waals surface area (Å²) in [4.78, 5) is 52.8. The summed E-state index contributed by atoms with van der Waals surface area (Å²) in [6.07, 6.45) is 3.27.